The van der Waals surface area contributed by atoms with E-state index in [1.807, 2.05) is 19.9 Å². The first-order valence-electron chi connectivity index (χ1n) is 10.00. The summed E-state index contributed by atoms with van der Waals surface area (Å²) in [6, 6.07) is 0.0608. The van der Waals surface area contributed by atoms with Gasteiger partial charge >= 0.3 is 12.1 Å². The van der Waals surface area contributed by atoms with E-state index in [4.69, 9.17) is 0 Å². The van der Waals surface area contributed by atoms with Crippen LogP contribution in [0.5, 0.6) is 0 Å². The number of nitrogens with one attached hydrogen (secondary N) is 3. The molecule has 2 heterocycles. The molecule has 0 spiro atoms. The SMILES string of the molecule is CC1(C)C2CN(C(=O)CNC(=O)C(F)(F)F)C(C(=O)N[C@H](C#N)C[C@@H]3CCNC3=O)C21. The Balaban J connectivity index is 1.66. The van der Waals surface area contributed by atoms with Gasteiger partial charge in [-0.3, -0.25) is 19.2 Å². The molecule has 9 nitrogen and oxygen atoms in total. The zero-order valence-corrected chi connectivity index (χ0v) is 17.1. The molecule has 170 valence electrons. The highest BCUT2D eigenvalue weighted by molar-refractivity contribution is 5.92. The molecule has 0 aromatic heterocycles. The highest BCUT2D eigenvalue weighted by Gasteiger charge is 2.69. The molecule has 0 aromatic carbocycles. The second-order valence-electron chi connectivity index (χ2n) is 8.83. The van der Waals surface area contributed by atoms with Crippen LogP contribution in [0.15, 0.2) is 0 Å². The van der Waals surface area contributed by atoms with Crippen LogP contribution in [0.25, 0.3) is 0 Å². The minimum Gasteiger partial charge on any atom is -0.356 e. The maximum Gasteiger partial charge on any atom is 0.471 e. The van der Waals surface area contributed by atoms with Crippen LogP contribution in [-0.2, 0) is 19.2 Å². The molecule has 1 aliphatic carbocycles. The van der Waals surface area contributed by atoms with Gasteiger partial charge in [-0.1, -0.05) is 13.8 Å². The summed E-state index contributed by atoms with van der Waals surface area (Å²) < 4.78 is 37.1. The molecule has 12 heteroatoms. The fourth-order valence-electron chi connectivity index (χ4n) is 4.76. The van der Waals surface area contributed by atoms with E-state index in [2.05, 4.69) is 10.6 Å². The average molecular weight is 443 g/mol. The van der Waals surface area contributed by atoms with Crippen LogP contribution in [0.3, 0.4) is 0 Å². The molecular weight excluding hydrogens is 419 g/mol. The number of halogens is 3. The summed E-state index contributed by atoms with van der Waals surface area (Å²) in [6.45, 7) is 3.66. The van der Waals surface area contributed by atoms with Crippen molar-refractivity contribution in [2.24, 2.45) is 23.2 Å². The minimum atomic E-state index is -5.11. The zero-order chi connectivity index (χ0) is 23.1. The van der Waals surface area contributed by atoms with Gasteiger partial charge in [0, 0.05) is 19.0 Å². The summed E-state index contributed by atoms with van der Waals surface area (Å²) in [5.74, 6) is -4.41. The molecule has 0 bridgehead atoms. The Morgan fingerprint density at radius 2 is 2.03 bits per heavy atom. The van der Waals surface area contributed by atoms with E-state index in [0.29, 0.717) is 13.0 Å². The molecule has 0 aromatic rings. The number of nitriles is 1. The summed E-state index contributed by atoms with van der Waals surface area (Å²) in [7, 11) is 0. The van der Waals surface area contributed by atoms with Crippen LogP contribution in [0.1, 0.15) is 26.7 Å². The van der Waals surface area contributed by atoms with Gasteiger partial charge in [-0.25, -0.2) is 0 Å². The second kappa shape index (κ2) is 8.01. The Labute approximate surface area is 176 Å². The smallest absolute Gasteiger partial charge is 0.356 e. The summed E-state index contributed by atoms with van der Waals surface area (Å²) in [5.41, 5.74) is -0.235. The molecule has 2 aliphatic heterocycles. The van der Waals surface area contributed by atoms with Crippen LogP contribution in [-0.4, -0.2) is 66.4 Å². The Bertz CT molecular complexity index is 837. The predicted octanol–water partition coefficient (Wildman–Crippen LogP) is -0.318. The van der Waals surface area contributed by atoms with Gasteiger partial charge in [-0.15, -0.1) is 0 Å². The van der Waals surface area contributed by atoms with Crippen molar-refractivity contribution in [2.45, 2.75) is 44.9 Å². The van der Waals surface area contributed by atoms with Crippen molar-refractivity contribution in [1.82, 2.24) is 20.9 Å². The number of hydrogen-bond donors (Lipinski definition) is 3. The predicted molar refractivity (Wildman–Crippen MR) is 98.6 cm³/mol. The highest BCUT2D eigenvalue weighted by atomic mass is 19.4. The molecule has 31 heavy (non-hydrogen) atoms. The quantitative estimate of drug-likeness (QED) is 0.518. The van der Waals surface area contributed by atoms with E-state index in [0.717, 1.165) is 0 Å². The molecule has 1 saturated carbocycles. The maximum absolute atomic E-state index is 13.0. The van der Waals surface area contributed by atoms with E-state index in [1.54, 1.807) is 0 Å². The van der Waals surface area contributed by atoms with Gasteiger partial charge in [0.25, 0.3) is 0 Å². The van der Waals surface area contributed by atoms with Crippen molar-refractivity contribution >= 4 is 23.6 Å². The van der Waals surface area contributed by atoms with Crippen molar-refractivity contribution in [1.29, 1.82) is 5.26 Å². The zero-order valence-electron chi connectivity index (χ0n) is 17.1. The number of hydrogen-bond acceptors (Lipinski definition) is 5. The summed E-state index contributed by atoms with van der Waals surface area (Å²) >= 11 is 0. The Morgan fingerprint density at radius 1 is 1.35 bits per heavy atom. The van der Waals surface area contributed by atoms with Crippen molar-refractivity contribution in [3.63, 3.8) is 0 Å². The van der Waals surface area contributed by atoms with Crippen LogP contribution in [0.2, 0.25) is 0 Å². The van der Waals surface area contributed by atoms with Crippen LogP contribution < -0.4 is 16.0 Å². The standard InChI is InChI=1S/C19H24F3N5O4/c1-18(2)11-8-27(12(28)7-25-17(31)19(20,21)22)14(13(11)18)16(30)26-10(6-23)5-9-3-4-24-15(9)29/h9-11,13-14H,3-5,7-8H2,1-2H3,(H,24,29)(H,25,31)(H,26,30)/t9-,10-,11?,13?,14?/m0/s1. The van der Waals surface area contributed by atoms with E-state index in [9.17, 15) is 37.6 Å². The third-order valence-corrected chi connectivity index (χ3v) is 6.61. The molecule has 3 aliphatic rings. The summed E-state index contributed by atoms with van der Waals surface area (Å²) in [4.78, 5) is 49.4. The minimum absolute atomic E-state index is 0.00772. The molecule has 3 unspecified atom stereocenters. The molecule has 2 saturated heterocycles. The number of nitrogens with zero attached hydrogens (tertiary/aromatic N) is 2. The number of likely N-dealkylation sites (tertiary alicyclic amines) is 1. The Morgan fingerprint density at radius 3 is 2.58 bits per heavy atom. The van der Waals surface area contributed by atoms with Crippen molar-refractivity contribution in [3.05, 3.63) is 0 Å². The molecular formula is C19H24F3N5O4. The molecule has 5 atom stereocenters. The van der Waals surface area contributed by atoms with E-state index >= 15 is 0 Å². The lowest BCUT2D eigenvalue weighted by Gasteiger charge is -2.31. The normalized spacial score (nSPS) is 29.4. The van der Waals surface area contributed by atoms with Crippen molar-refractivity contribution < 1.29 is 32.3 Å². The third kappa shape index (κ3) is 4.45. The molecule has 3 rings (SSSR count). The second-order valence-corrected chi connectivity index (χ2v) is 8.83. The van der Waals surface area contributed by atoms with E-state index in [-0.39, 0.29) is 36.1 Å². The fourth-order valence-corrected chi connectivity index (χ4v) is 4.76. The van der Waals surface area contributed by atoms with E-state index < -0.39 is 48.4 Å². The molecule has 4 amide bonds. The Hall–Kier alpha value is -2.84. The summed E-state index contributed by atoms with van der Waals surface area (Å²) in [5, 5.41) is 16.2. The van der Waals surface area contributed by atoms with Gasteiger partial charge in [0.2, 0.25) is 17.7 Å². The molecule has 0 radical (unpaired) electrons. The number of carbonyl (C=O) groups excluding carboxylic acids is 4. The lowest BCUT2D eigenvalue weighted by molar-refractivity contribution is -0.174. The molecule has 3 N–H and O–H groups in total. The van der Waals surface area contributed by atoms with Gasteiger partial charge in [0.05, 0.1) is 12.6 Å². The maximum atomic E-state index is 13.0. The van der Waals surface area contributed by atoms with Crippen LogP contribution in [0, 0.1) is 34.5 Å². The first kappa shape index (κ1) is 22.8. The monoisotopic (exact) mass is 443 g/mol. The molecule has 3 fully saturated rings. The van der Waals surface area contributed by atoms with Crippen LogP contribution >= 0.6 is 0 Å². The number of carbonyl (C=O) groups is 4. The summed E-state index contributed by atoms with van der Waals surface area (Å²) in [6.07, 6.45) is -4.43. The van der Waals surface area contributed by atoms with Gasteiger partial charge in [-0.2, -0.15) is 18.4 Å². The first-order chi connectivity index (χ1) is 14.4. The largest absolute Gasteiger partial charge is 0.471 e. The first-order valence-corrected chi connectivity index (χ1v) is 10.00. The van der Waals surface area contributed by atoms with Gasteiger partial charge in [0.15, 0.2) is 0 Å². The van der Waals surface area contributed by atoms with E-state index in [1.165, 1.54) is 10.2 Å². The van der Waals surface area contributed by atoms with Gasteiger partial charge in [-0.05, 0) is 30.1 Å². The number of piperidine rings is 1. The van der Waals surface area contributed by atoms with Crippen molar-refractivity contribution in [2.75, 3.05) is 19.6 Å². The lowest BCUT2D eigenvalue weighted by atomic mass is 9.97. The number of rotatable bonds is 6. The third-order valence-electron chi connectivity index (χ3n) is 6.61. The highest BCUT2D eigenvalue weighted by Crippen LogP contribution is 2.64. The topological polar surface area (TPSA) is 131 Å². The fraction of sp³-hybridized carbons (Fsp3) is 0.737. The van der Waals surface area contributed by atoms with Crippen molar-refractivity contribution in [3.8, 4) is 6.07 Å². The number of alkyl halides is 3. The van der Waals surface area contributed by atoms with Gasteiger partial charge < -0.3 is 20.9 Å². The number of amides is 4. The van der Waals surface area contributed by atoms with Crippen LogP contribution in [0.4, 0.5) is 13.2 Å². The average Bonchev–Trinajstić information content (AvgIpc) is 3.05. The Kier molecular flexibility index (Phi) is 5.90. The lowest BCUT2D eigenvalue weighted by Crippen LogP contribution is -2.54. The van der Waals surface area contributed by atoms with Gasteiger partial charge in [0.1, 0.15) is 12.1 Å². The number of fused-ring (bicyclic) bond motifs is 1.